The third kappa shape index (κ3) is 3.45. The van der Waals surface area contributed by atoms with Crippen LogP contribution >= 0.6 is 0 Å². The van der Waals surface area contributed by atoms with Crippen LogP contribution in [0.3, 0.4) is 0 Å². The zero-order valence-electron chi connectivity index (χ0n) is 13.4. The molecule has 2 fully saturated rings. The molecule has 124 valence electrons. The minimum absolute atomic E-state index is 0.381. The zero-order valence-corrected chi connectivity index (χ0v) is 13.4. The number of likely N-dealkylation sites (tertiary alicyclic amines) is 1. The van der Waals surface area contributed by atoms with E-state index in [1.807, 2.05) is 0 Å². The molecule has 23 heavy (non-hydrogen) atoms. The summed E-state index contributed by atoms with van der Waals surface area (Å²) in [6.45, 7) is 3.46. The van der Waals surface area contributed by atoms with Gasteiger partial charge >= 0.3 is 0 Å². The lowest BCUT2D eigenvalue weighted by Crippen LogP contribution is -2.39. The van der Waals surface area contributed by atoms with Crippen molar-refractivity contribution < 1.29 is 5.11 Å². The van der Waals surface area contributed by atoms with Crippen molar-refractivity contribution in [2.24, 2.45) is 0 Å². The smallest absolute Gasteiger partial charge is 0.200 e. The van der Waals surface area contributed by atoms with E-state index in [9.17, 15) is 5.11 Å². The lowest BCUT2D eigenvalue weighted by Gasteiger charge is -2.28. The summed E-state index contributed by atoms with van der Waals surface area (Å²) < 4.78 is 1.73. The molecule has 1 unspecified atom stereocenters. The predicted octanol–water partition coefficient (Wildman–Crippen LogP) is 1.26. The topological polar surface area (TPSA) is 78.6 Å². The number of nitrogens with one attached hydrogen (secondary N) is 1. The van der Waals surface area contributed by atoms with E-state index in [1.54, 1.807) is 10.8 Å². The van der Waals surface area contributed by atoms with E-state index in [0.29, 0.717) is 12.5 Å². The van der Waals surface area contributed by atoms with Crippen molar-refractivity contribution in [1.29, 1.82) is 0 Å². The van der Waals surface area contributed by atoms with Gasteiger partial charge in [0.1, 0.15) is 6.33 Å². The van der Waals surface area contributed by atoms with Gasteiger partial charge in [0.15, 0.2) is 0 Å². The Balaban J connectivity index is 1.41. The second-order valence-corrected chi connectivity index (χ2v) is 6.75. The van der Waals surface area contributed by atoms with Crippen LogP contribution in [0, 0.1) is 0 Å². The Morgan fingerprint density at radius 2 is 2.09 bits per heavy atom. The molecule has 0 spiro atoms. The molecule has 4 rings (SSSR count). The first-order valence-corrected chi connectivity index (χ1v) is 8.65. The van der Waals surface area contributed by atoms with E-state index in [2.05, 4.69) is 31.6 Å². The molecule has 2 aliphatic rings. The number of hydrogen-bond acceptors (Lipinski definition) is 6. The summed E-state index contributed by atoms with van der Waals surface area (Å²) in [4.78, 5) is 2.35. The second-order valence-electron chi connectivity index (χ2n) is 6.75. The zero-order chi connectivity index (χ0) is 15.6. The van der Waals surface area contributed by atoms with E-state index < -0.39 is 0 Å². The molecule has 0 bridgehead atoms. The van der Waals surface area contributed by atoms with Gasteiger partial charge in [-0.1, -0.05) is 6.42 Å². The van der Waals surface area contributed by atoms with Gasteiger partial charge in [-0.15, -0.1) is 10.2 Å². The van der Waals surface area contributed by atoms with Crippen molar-refractivity contribution in [3.63, 3.8) is 0 Å². The van der Waals surface area contributed by atoms with Gasteiger partial charge in [0.05, 0.1) is 17.5 Å². The van der Waals surface area contributed by atoms with Crippen molar-refractivity contribution in [3.05, 3.63) is 18.1 Å². The molecule has 7 nitrogen and oxygen atoms in total. The first-order valence-electron chi connectivity index (χ1n) is 8.65. The van der Waals surface area contributed by atoms with Crippen molar-refractivity contribution in [3.8, 4) is 0 Å². The van der Waals surface area contributed by atoms with E-state index in [-0.39, 0.29) is 6.10 Å². The van der Waals surface area contributed by atoms with E-state index >= 15 is 0 Å². The Hall–Kier alpha value is -1.73. The highest BCUT2D eigenvalue weighted by molar-refractivity contribution is 5.67. The highest BCUT2D eigenvalue weighted by atomic mass is 16.3. The van der Waals surface area contributed by atoms with Crippen LogP contribution in [0.25, 0.3) is 5.65 Å². The Morgan fingerprint density at radius 3 is 2.87 bits per heavy atom. The molecule has 2 aromatic heterocycles. The number of aliphatic hydroxyl groups is 1. The third-order valence-electron chi connectivity index (χ3n) is 4.73. The van der Waals surface area contributed by atoms with Gasteiger partial charge in [0.25, 0.3) is 0 Å². The summed E-state index contributed by atoms with van der Waals surface area (Å²) in [5, 5.41) is 26.3. The predicted molar refractivity (Wildman–Crippen MR) is 87.5 cm³/mol. The van der Waals surface area contributed by atoms with Gasteiger partial charge in [-0.3, -0.25) is 0 Å². The van der Waals surface area contributed by atoms with Gasteiger partial charge in [-0.2, -0.15) is 9.61 Å². The molecule has 0 radical (unpaired) electrons. The number of nitrogens with zero attached hydrogens (tertiary/aromatic N) is 5. The van der Waals surface area contributed by atoms with Crippen LogP contribution in [0.2, 0.25) is 0 Å². The van der Waals surface area contributed by atoms with E-state index in [0.717, 1.165) is 36.7 Å². The standard InChI is InChI=1S/C16H24N6O/c23-13(10-21-6-2-1-3-7-21)9-17-15-8-14(12-4-5-12)20-22-11-18-19-16(15)22/h8,11-13,17,23H,1-7,9-10H2. The monoisotopic (exact) mass is 316 g/mol. The number of aliphatic hydroxyl groups excluding tert-OH is 1. The SMILES string of the molecule is OC(CNc1cc(C2CC2)nn2cnnc12)CN1CCCCC1. The molecule has 0 amide bonds. The van der Waals surface area contributed by atoms with Crippen LogP contribution in [-0.2, 0) is 0 Å². The summed E-state index contributed by atoms with van der Waals surface area (Å²) in [5.74, 6) is 0.570. The number of rotatable bonds is 6. The maximum absolute atomic E-state index is 10.3. The Morgan fingerprint density at radius 1 is 1.26 bits per heavy atom. The molecule has 1 saturated carbocycles. The lowest BCUT2D eigenvalue weighted by atomic mass is 10.1. The molecule has 1 aliphatic carbocycles. The molecule has 3 heterocycles. The minimum Gasteiger partial charge on any atom is -0.390 e. The number of anilines is 1. The summed E-state index contributed by atoms with van der Waals surface area (Å²) in [6, 6.07) is 2.06. The summed E-state index contributed by atoms with van der Waals surface area (Å²) in [6.07, 6.45) is 7.47. The average molecular weight is 316 g/mol. The second kappa shape index (κ2) is 6.41. The number of fused-ring (bicyclic) bond motifs is 1. The third-order valence-corrected chi connectivity index (χ3v) is 4.73. The first-order chi connectivity index (χ1) is 11.3. The fourth-order valence-corrected chi connectivity index (χ4v) is 3.29. The Kier molecular flexibility index (Phi) is 4.13. The Bertz CT molecular complexity index is 662. The largest absolute Gasteiger partial charge is 0.390 e. The number of hydrogen-bond donors (Lipinski definition) is 2. The highest BCUT2D eigenvalue weighted by Gasteiger charge is 2.26. The number of piperidine rings is 1. The maximum Gasteiger partial charge on any atom is 0.200 e. The number of β-amino-alcohol motifs (C(OH)–C–C–N with tert-alkyl or cyclic N) is 1. The van der Waals surface area contributed by atoms with Crippen LogP contribution in [0.4, 0.5) is 5.69 Å². The molecule has 1 aliphatic heterocycles. The van der Waals surface area contributed by atoms with Gasteiger partial charge < -0.3 is 15.3 Å². The quantitative estimate of drug-likeness (QED) is 0.835. The van der Waals surface area contributed by atoms with Crippen molar-refractivity contribution in [2.75, 3.05) is 31.5 Å². The normalized spacial score (nSPS) is 20.7. The van der Waals surface area contributed by atoms with Crippen LogP contribution in [0.5, 0.6) is 0 Å². The average Bonchev–Trinajstić information content (AvgIpc) is 3.31. The van der Waals surface area contributed by atoms with E-state index in [4.69, 9.17) is 0 Å². The van der Waals surface area contributed by atoms with Crippen molar-refractivity contribution in [1.82, 2.24) is 24.7 Å². The fraction of sp³-hybridized carbons (Fsp3) is 0.688. The van der Waals surface area contributed by atoms with E-state index in [1.165, 1.54) is 32.1 Å². The highest BCUT2D eigenvalue weighted by Crippen LogP contribution is 2.39. The van der Waals surface area contributed by atoms with Crippen LogP contribution in [0.1, 0.15) is 43.7 Å². The van der Waals surface area contributed by atoms with Crippen LogP contribution in [0.15, 0.2) is 12.4 Å². The van der Waals surface area contributed by atoms with Gasteiger partial charge in [-0.25, -0.2) is 0 Å². The van der Waals surface area contributed by atoms with Crippen molar-refractivity contribution in [2.45, 2.75) is 44.1 Å². The van der Waals surface area contributed by atoms with Crippen molar-refractivity contribution >= 4 is 11.3 Å². The summed E-state index contributed by atoms with van der Waals surface area (Å²) >= 11 is 0. The summed E-state index contributed by atoms with van der Waals surface area (Å²) in [5.41, 5.74) is 2.72. The van der Waals surface area contributed by atoms with Gasteiger partial charge in [0.2, 0.25) is 5.65 Å². The lowest BCUT2D eigenvalue weighted by molar-refractivity contribution is 0.110. The van der Waals surface area contributed by atoms with Crippen LogP contribution in [-0.4, -0.2) is 62.1 Å². The molecular formula is C16H24N6O. The minimum atomic E-state index is -0.381. The molecule has 7 heteroatoms. The first kappa shape index (κ1) is 14.8. The molecular weight excluding hydrogens is 292 g/mol. The maximum atomic E-state index is 10.3. The number of aromatic nitrogens is 4. The molecule has 0 aromatic carbocycles. The van der Waals surface area contributed by atoms with Crippen LogP contribution < -0.4 is 5.32 Å². The fourth-order valence-electron chi connectivity index (χ4n) is 3.29. The van der Waals surface area contributed by atoms with Gasteiger partial charge in [0, 0.05) is 19.0 Å². The molecule has 1 saturated heterocycles. The summed E-state index contributed by atoms with van der Waals surface area (Å²) in [7, 11) is 0. The molecule has 2 aromatic rings. The molecule has 1 atom stereocenters. The Labute approximate surface area is 135 Å². The van der Waals surface area contributed by atoms with Gasteiger partial charge in [-0.05, 0) is 44.8 Å². The molecule has 2 N–H and O–H groups in total.